The molecule has 0 saturated carbocycles. The normalized spacial score (nSPS) is 18.6. The van der Waals surface area contributed by atoms with Gasteiger partial charge in [0.2, 0.25) is 23.1 Å². The van der Waals surface area contributed by atoms with Crippen molar-refractivity contribution in [1.29, 1.82) is 0 Å². The average Bonchev–Trinajstić information content (AvgIpc) is 2.48. The highest BCUT2D eigenvalue weighted by molar-refractivity contribution is 6.28. The van der Waals surface area contributed by atoms with Crippen molar-refractivity contribution in [3.05, 3.63) is 5.28 Å². The molecule has 0 aromatic carbocycles. The van der Waals surface area contributed by atoms with Gasteiger partial charge >= 0.3 is 0 Å². The minimum absolute atomic E-state index is 0.0941. The zero-order valence-corrected chi connectivity index (χ0v) is 12.9. The van der Waals surface area contributed by atoms with Gasteiger partial charge in [-0.15, -0.1) is 0 Å². The molecule has 8 nitrogen and oxygen atoms in total. The fourth-order valence-corrected chi connectivity index (χ4v) is 2.34. The Morgan fingerprint density at radius 3 is 2.76 bits per heavy atom. The maximum absolute atomic E-state index is 11.5. The number of nitrogens with two attached hydrogens (primary N) is 1. The van der Waals surface area contributed by atoms with Crippen LogP contribution in [0.1, 0.15) is 13.8 Å². The van der Waals surface area contributed by atoms with Gasteiger partial charge in [-0.05, 0) is 25.4 Å². The SMILES string of the molecule is CCN(CC)c1nc(Cl)nc(N2CCOCC2C(N)=O)n1. The number of rotatable bonds is 5. The van der Waals surface area contributed by atoms with Gasteiger partial charge in [-0.25, -0.2) is 0 Å². The summed E-state index contributed by atoms with van der Waals surface area (Å²) in [5.74, 6) is 0.365. The van der Waals surface area contributed by atoms with Crippen molar-refractivity contribution in [3.8, 4) is 0 Å². The maximum Gasteiger partial charge on any atom is 0.242 e. The summed E-state index contributed by atoms with van der Waals surface area (Å²) in [4.78, 5) is 27.9. The van der Waals surface area contributed by atoms with Gasteiger partial charge in [0.15, 0.2) is 0 Å². The Hall–Kier alpha value is -1.67. The van der Waals surface area contributed by atoms with Crippen LogP contribution in [0.3, 0.4) is 0 Å². The first-order chi connectivity index (χ1) is 10.1. The summed E-state index contributed by atoms with van der Waals surface area (Å²) in [7, 11) is 0. The van der Waals surface area contributed by atoms with Gasteiger partial charge in [-0.1, -0.05) is 0 Å². The lowest BCUT2D eigenvalue weighted by Gasteiger charge is -2.33. The lowest BCUT2D eigenvalue weighted by atomic mass is 10.2. The number of amides is 1. The summed E-state index contributed by atoms with van der Waals surface area (Å²) in [6.07, 6.45) is 0. The third kappa shape index (κ3) is 3.51. The van der Waals surface area contributed by atoms with Gasteiger partial charge < -0.3 is 20.3 Å². The lowest BCUT2D eigenvalue weighted by molar-refractivity contribution is -0.121. The van der Waals surface area contributed by atoms with Gasteiger partial charge in [0, 0.05) is 19.6 Å². The average molecular weight is 315 g/mol. The van der Waals surface area contributed by atoms with E-state index in [0.717, 1.165) is 13.1 Å². The summed E-state index contributed by atoms with van der Waals surface area (Å²) in [5, 5.41) is 0.0941. The lowest BCUT2D eigenvalue weighted by Crippen LogP contribution is -2.53. The molecule has 0 spiro atoms. The summed E-state index contributed by atoms with van der Waals surface area (Å²) in [5.41, 5.74) is 5.41. The number of halogens is 1. The first-order valence-corrected chi connectivity index (χ1v) is 7.24. The molecule has 0 radical (unpaired) electrons. The van der Waals surface area contributed by atoms with Crippen molar-refractivity contribution in [2.75, 3.05) is 42.6 Å². The van der Waals surface area contributed by atoms with E-state index in [9.17, 15) is 4.79 Å². The molecule has 21 heavy (non-hydrogen) atoms. The van der Waals surface area contributed by atoms with E-state index in [0.29, 0.717) is 25.0 Å². The Kier molecular flexibility index (Phi) is 5.13. The van der Waals surface area contributed by atoms with Crippen molar-refractivity contribution in [2.24, 2.45) is 5.73 Å². The highest BCUT2D eigenvalue weighted by atomic mass is 35.5. The van der Waals surface area contributed by atoms with Crippen LogP contribution in [0, 0.1) is 0 Å². The fourth-order valence-electron chi connectivity index (χ4n) is 2.18. The van der Waals surface area contributed by atoms with E-state index in [1.807, 2.05) is 18.7 Å². The Bertz CT molecular complexity index is 511. The molecule has 0 aliphatic carbocycles. The van der Waals surface area contributed by atoms with Gasteiger partial charge in [0.1, 0.15) is 6.04 Å². The monoisotopic (exact) mass is 314 g/mol. The predicted molar refractivity (Wildman–Crippen MR) is 79.5 cm³/mol. The number of primary amides is 1. The topological polar surface area (TPSA) is 97.5 Å². The molecule has 1 aromatic rings. The Labute approximate surface area is 128 Å². The van der Waals surface area contributed by atoms with Crippen LogP contribution in [0.5, 0.6) is 0 Å². The molecular weight excluding hydrogens is 296 g/mol. The number of hydrogen-bond donors (Lipinski definition) is 1. The van der Waals surface area contributed by atoms with Gasteiger partial charge in [0.05, 0.1) is 13.2 Å². The zero-order chi connectivity index (χ0) is 15.4. The molecule has 1 aromatic heterocycles. The van der Waals surface area contributed by atoms with Crippen molar-refractivity contribution in [3.63, 3.8) is 0 Å². The fraction of sp³-hybridized carbons (Fsp3) is 0.667. The molecule has 0 bridgehead atoms. The first-order valence-electron chi connectivity index (χ1n) is 6.87. The summed E-state index contributed by atoms with van der Waals surface area (Å²) in [6, 6.07) is -0.596. The number of carbonyl (C=O) groups excluding carboxylic acids is 1. The van der Waals surface area contributed by atoms with Crippen molar-refractivity contribution >= 4 is 29.4 Å². The third-order valence-corrected chi connectivity index (χ3v) is 3.51. The summed E-state index contributed by atoms with van der Waals surface area (Å²) >= 11 is 5.99. The predicted octanol–water partition coefficient (Wildman–Crippen LogP) is 0.0617. The number of nitrogens with zero attached hydrogens (tertiary/aromatic N) is 5. The van der Waals surface area contributed by atoms with Crippen molar-refractivity contribution in [2.45, 2.75) is 19.9 Å². The molecule has 1 aliphatic rings. The Morgan fingerprint density at radius 1 is 1.43 bits per heavy atom. The number of carbonyl (C=O) groups is 1. The number of morpholine rings is 1. The molecule has 1 amide bonds. The molecule has 1 atom stereocenters. The van der Waals surface area contributed by atoms with Gasteiger partial charge in [-0.3, -0.25) is 4.79 Å². The molecule has 1 fully saturated rings. The molecule has 1 aliphatic heterocycles. The van der Waals surface area contributed by atoms with E-state index >= 15 is 0 Å². The van der Waals surface area contributed by atoms with E-state index in [4.69, 9.17) is 22.1 Å². The van der Waals surface area contributed by atoms with E-state index in [1.165, 1.54) is 0 Å². The highest BCUT2D eigenvalue weighted by Gasteiger charge is 2.30. The molecular formula is C12H19ClN6O2. The van der Waals surface area contributed by atoms with Gasteiger partial charge in [-0.2, -0.15) is 15.0 Å². The van der Waals surface area contributed by atoms with Crippen LogP contribution in [0.15, 0.2) is 0 Å². The number of aromatic nitrogens is 3. The Morgan fingerprint density at radius 2 is 2.14 bits per heavy atom. The van der Waals surface area contributed by atoms with Crippen LogP contribution in [-0.2, 0) is 9.53 Å². The Balaban J connectivity index is 2.35. The number of anilines is 2. The van der Waals surface area contributed by atoms with Crippen LogP contribution in [0.4, 0.5) is 11.9 Å². The van der Waals surface area contributed by atoms with E-state index in [1.54, 1.807) is 4.90 Å². The minimum atomic E-state index is -0.596. The van der Waals surface area contributed by atoms with Crippen LogP contribution in [0.25, 0.3) is 0 Å². The molecule has 2 heterocycles. The number of hydrogen-bond acceptors (Lipinski definition) is 7. The van der Waals surface area contributed by atoms with Crippen LogP contribution in [-0.4, -0.2) is 59.7 Å². The number of ether oxygens (including phenoxy) is 1. The van der Waals surface area contributed by atoms with Crippen molar-refractivity contribution in [1.82, 2.24) is 15.0 Å². The molecule has 1 saturated heterocycles. The second-order valence-corrected chi connectivity index (χ2v) is 4.90. The molecule has 9 heteroatoms. The second kappa shape index (κ2) is 6.86. The molecule has 2 rings (SSSR count). The van der Waals surface area contributed by atoms with Gasteiger partial charge in [0.25, 0.3) is 0 Å². The van der Waals surface area contributed by atoms with Crippen LogP contribution in [0.2, 0.25) is 5.28 Å². The third-order valence-electron chi connectivity index (χ3n) is 3.34. The summed E-state index contributed by atoms with van der Waals surface area (Å²) < 4.78 is 5.29. The second-order valence-electron chi connectivity index (χ2n) is 4.56. The quantitative estimate of drug-likeness (QED) is 0.820. The largest absolute Gasteiger partial charge is 0.377 e. The van der Waals surface area contributed by atoms with E-state index in [-0.39, 0.29) is 11.9 Å². The molecule has 2 N–H and O–H groups in total. The molecule has 116 valence electrons. The van der Waals surface area contributed by atoms with Crippen LogP contribution < -0.4 is 15.5 Å². The van der Waals surface area contributed by atoms with E-state index < -0.39 is 11.9 Å². The zero-order valence-electron chi connectivity index (χ0n) is 12.1. The first kappa shape index (κ1) is 15.7. The maximum atomic E-state index is 11.5. The van der Waals surface area contributed by atoms with E-state index in [2.05, 4.69) is 15.0 Å². The molecule has 1 unspecified atom stereocenters. The summed E-state index contributed by atoms with van der Waals surface area (Å²) in [6.45, 7) is 6.68. The minimum Gasteiger partial charge on any atom is -0.377 e. The standard InChI is InChI=1S/C12H19ClN6O2/c1-3-18(4-2)11-15-10(13)16-12(17-11)19-5-6-21-7-8(19)9(14)20/h8H,3-7H2,1-2H3,(H2,14,20). The highest BCUT2D eigenvalue weighted by Crippen LogP contribution is 2.20. The smallest absolute Gasteiger partial charge is 0.242 e. The van der Waals surface area contributed by atoms with Crippen molar-refractivity contribution < 1.29 is 9.53 Å². The van der Waals surface area contributed by atoms with Crippen LogP contribution >= 0.6 is 11.6 Å².